The smallest absolute Gasteiger partial charge is 0.0793 e. The average Bonchev–Trinajstić information content (AvgIpc) is 2.69. The first-order valence-electron chi connectivity index (χ1n) is 8.76. The van der Waals surface area contributed by atoms with E-state index in [1.807, 2.05) is 0 Å². The first-order valence-corrected chi connectivity index (χ1v) is 9.55. The van der Waals surface area contributed by atoms with Crippen LogP contribution in [0.5, 0.6) is 0 Å². The summed E-state index contributed by atoms with van der Waals surface area (Å²) in [5.41, 5.74) is 6.22. The number of hydrogen-bond acceptors (Lipinski definition) is 1. The monoisotopic (exact) mass is 389 g/mol. The van der Waals surface area contributed by atoms with Gasteiger partial charge in [-0.2, -0.15) is 0 Å². The number of benzene rings is 2. The van der Waals surface area contributed by atoms with Crippen molar-refractivity contribution >= 4 is 27.2 Å². The van der Waals surface area contributed by atoms with Crippen LogP contribution in [0, 0.1) is 0 Å². The molecule has 2 aromatic carbocycles. The van der Waals surface area contributed by atoms with Gasteiger partial charge in [-0.3, -0.25) is 4.99 Å². The van der Waals surface area contributed by atoms with Crippen LogP contribution in [0.2, 0.25) is 0 Å². The molecule has 0 fully saturated rings. The summed E-state index contributed by atoms with van der Waals surface area (Å²) in [6.45, 7) is 0. The molecule has 0 bridgehead atoms. The minimum absolute atomic E-state index is 0.200. The number of aliphatic imine (C=N–C) groups is 1. The van der Waals surface area contributed by atoms with Crippen LogP contribution in [0.4, 0.5) is 0 Å². The van der Waals surface area contributed by atoms with Crippen molar-refractivity contribution in [2.24, 2.45) is 4.99 Å². The lowest BCUT2D eigenvalue weighted by Crippen LogP contribution is -2.17. The van der Waals surface area contributed by atoms with Crippen LogP contribution in [0.1, 0.15) is 30.4 Å². The minimum atomic E-state index is 0.200. The standard InChI is InChI=1S/C23H20BrN/c24-21-13-7-12-19(14-21)20-15-22(17-8-3-1-4-9-17)25-23(16-20)18-10-5-2-6-11-18/h1,3-5,7-15,23H,2,6,16H2. The maximum absolute atomic E-state index is 5.08. The highest BCUT2D eigenvalue weighted by molar-refractivity contribution is 9.10. The van der Waals surface area contributed by atoms with E-state index in [2.05, 4.69) is 94.8 Å². The highest BCUT2D eigenvalue weighted by Crippen LogP contribution is 2.32. The number of allylic oxidation sites excluding steroid dienone is 3. The van der Waals surface area contributed by atoms with Crippen molar-refractivity contribution < 1.29 is 0 Å². The van der Waals surface area contributed by atoms with Gasteiger partial charge in [0.05, 0.1) is 11.8 Å². The fraction of sp³-hybridized carbons (Fsp3) is 0.174. The Bertz CT molecular complexity index is 887. The number of rotatable bonds is 3. The van der Waals surface area contributed by atoms with Gasteiger partial charge < -0.3 is 0 Å². The number of dihydropyridines is 1. The third-order valence-corrected chi connectivity index (χ3v) is 5.19. The van der Waals surface area contributed by atoms with Crippen LogP contribution < -0.4 is 0 Å². The Hall–Kier alpha value is -2.19. The second-order valence-electron chi connectivity index (χ2n) is 6.46. The van der Waals surface area contributed by atoms with Crippen molar-refractivity contribution in [3.8, 4) is 0 Å². The molecule has 0 saturated carbocycles. The summed E-state index contributed by atoms with van der Waals surface area (Å²) < 4.78 is 1.11. The van der Waals surface area contributed by atoms with E-state index in [9.17, 15) is 0 Å². The van der Waals surface area contributed by atoms with Gasteiger partial charge in [0.2, 0.25) is 0 Å². The molecule has 1 aliphatic heterocycles. The van der Waals surface area contributed by atoms with Crippen molar-refractivity contribution in [2.45, 2.75) is 25.3 Å². The first kappa shape index (κ1) is 16.3. The second-order valence-corrected chi connectivity index (χ2v) is 7.38. The molecule has 1 nitrogen and oxygen atoms in total. The zero-order valence-corrected chi connectivity index (χ0v) is 15.6. The van der Waals surface area contributed by atoms with E-state index < -0.39 is 0 Å². The quantitative estimate of drug-likeness (QED) is 0.577. The van der Waals surface area contributed by atoms with E-state index in [4.69, 9.17) is 4.99 Å². The maximum Gasteiger partial charge on any atom is 0.0793 e. The molecule has 0 amide bonds. The molecule has 2 aliphatic rings. The summed E-state index contributed by atoms with van der Waals surface area (Å²) in [4.78, 5) is 5.08. The van der Waals surface area contributed by atoms with Crippen LogP contribution in [-0.4, -0.2) is 11.8 Å². The minimum Gasteiger partial charge on any atom is -0.276 e. The van der Waals surface area contributed by atoms with E-state index in [0.717, 1.165) is 29.4 Å². The van der Waals surface area contributed by atoms with Crippen molar-refractivity contribution in [1.29, 1.82) is 0 Å². The molecule has 0 radical (unpaired) electrons. The van der Waals surface area contributed by atoms with Crippen LogP contribution in [0.3, 0.4) is 0 Å². The number of nitrogens with zero attached hydrogens (tertiary/aromatic N) is 1. The van der Waals surface area contributed by atoms with E-state index in [0.29, 0.717) is 0 Å². The zero-order valence-electron chi connectivity index (χ0n) is 14.0. The Labute approximate surface area is 157 Å². The van der Waals surface area contributed by atoms with E-state index in [1.165, 1.54) is 22.3 Å². The number of hydrogen-bond donors (Lipinski definition) is 0. The fourth-order valence-electron chi connectivity index (χ4n) is 3.41. The lowest BCUT2D eigenvalue weighted by molar-refractivity contribution is 0.792. The first-order chi connectivity index (χ1) is 12.3. The highest BCUT2D eigenvalue weighted by atomic mass is 79.9. The predicted octanol–water partition coefficient (Wildman–Crippen LogP) is 6.37. The third kappa shape index (κ3) is 3.74. The van der Waals surface area contributed by atoms with Crippen molar-refractivity contribution in [3.05, 3.63) is 100 Å². The van der Waals surface area contributed by atoms with Gasteiger partial charge >= 0.3 is 0 Å². The summed E-state index contributed by atoms with van der Waals surface area (Å²) in [5, 5.41) is 0. The van der Waals surface area contributed by atoms with Crippen molar-refractivity contribution in [1.82, 2.24) is 0 Å². The summed E-state index contributed by atoms with van der Waals surface area (Å²) in [6, 6.07) is 19.2. The molecule has 2 aromatic rings. The van der Waals surface area contributed by atoms with Crippen molar-refractivity contribution in [2.75, 3.05) is 0 Å². The van der Waals surface area contributed by atoms with Gasteiger partial charge in [-0.15, -0.1) is 0 Å². The molecule has 124 valence electrons. The van der Waals surface area contributed by atoms with Crippen LogP contribution in [0.25, 0.3) is 5.57 Å². The Balaban J connectivity index is 1.76. The van der Waals surface area contributed by atoms with E-state index in [-0.39, 0.29) is 6.04 Å². The van der Waals surface area contributed by atoms with Gasteiger partial charge in [-0.25, -0.2) is 0 Å². The Morgan fingerprint density at radius 2 is 1.76 bits per heavy atom. The Kier molecular flexibility index (Phi) is 4.80. The van der Waals surface area contributed by atoms with E-state index in [1.54, 1.807) is 0 Å². The molecule has 1 unspecified atom stereocenters. The van der Waals surface area contributed by atoms with Gasteiger partial charge in [0, 0.05) is 4.47 Å². The molecule has 1 atom stereocenters. The van der Waals surface area contributed by atoms with Crippen LogP contribution >= 0.6 is 15.9 Å². The normalized spacial score (nSPS) is 19.9. The third-order valence-electron chi connectivity index (χ3n) is 4.69. The fourth-order valence-corrected chi connectivity index (χ4v) is 3.81. The van der Waals surface area contributed by atoms with Gasteiger partial charge in [-0.1, -0.05) is 76.6 Å². The lowest BCUT2D eigenvalue weighted by atomic mass is 9.88. The molecule has 25 heavy (non-hydrogen) atoms. The number of halogens is 1. The van der Waals surface area contributed by atoms with Gasteiger partial charge in [0.25, 0.3) is 0 Å². The van der Waals surface area contributed by atoms with Crippen LogP contribution in [0.15, 0.2) is 93.9 Å². The summed E-state index contributed by atoms with van der Waals surface area (Å²) in [6.07, 6.45) is 12.3. The topological polar surface area (TPSA) is 12.4 Å². The molecule has 0 spiro atoms. The van der Waals surface area contributed by atoms with Gasteiger partial charge in [0.15, 0.2) is 0 Å². The van der Waals surface area contributed by atoms with Gasteiger partial charge in [-0.05, 0) is 59.7 Å². The molecule has 0 N–H and O–H groups in total. The SMILES string of the molecule is Brc1cccc(C2=CC(c3ccccc3)=NC(C3=CCCC=C3)C2)c1. The summed E-state index contributed by atoms with van der Waals surface area (Å²) >= 11 is 3.60. The zero-order chi connectivity index (χ0) is 17.1. The highest BCUT2D eigenvalue weighted by Gasteiger charge is 2.21. The molecule has 2 heteroatoms. The summed E-state index contributed by atoms with van der Waals surface area (Å²) in [7, 11) is 0. The Morgan fingerprint density at radius 3 is 2.52 bits per heavy atom. The van der Waals surface area contributed by atoms with Crippen molar-refractivity contribution in [3.63, 3.8) is 0 Å². The average molecular weight is 390 g/mol. The maximum atomic E-state index is 5.08. The summed E-state index contributed by atoms with van der Waals surface area (Å²) in [5.74, 6) is 0. The molecule has 0 saturated heterocycles. The molecule has 4 rings (SSSR count). The largest absolute Gasteiger partial charge is 0.276 e. The second kappa shape index (κ2) is 7.37. The molecule has 0 aromatic heterocycles. The van der Waals surface area contributed by atoms with Crippen LogP contribution in [-0.2, 0) is 0 Å². The molecule has 1 aliphatic carbocycles. The molecular formula is C23H20BrN. The van der Waals surface area contributed by atoms with E-state index >= 15 is 0 Å². The Morgan fingerprint density at radius 1 is 0.920 bits per heavy atom. The molecular weight excluding hydrogens is 370 g/mol. The molecule has 1 heterocycles. The predicted molar refractivity (Wildman–Crippen MR) is 110 cm³/mol. The lowest BCUT2D eigenvalue weighted by Gasteiger charge is -2.24. The van der Waals surface area contributed by atoms with Gasteiger partial charge in [0.1, 0.15) is 0 Å².